The molecule has 40 heavy (non-hydrogen) atoms. The highest BCUT2D eigenvalue weighted by atomic mass is 19.1. The van der Waals surface area contributed by atoms with Gasteiger partial charge in [-0.3, -0.25) is 14.6 Å². The van der Waals surface area contributed by atoms with Gasteiger partial charge >= 0.3 is 0 Å². The molecular weight excluding hydrogens is 503 g/mol. The minimum atomic E-state index is -0.606. The molecule has 3 aromatic carbocycles. The van der Waals surface area contributed by atoms with Crippen LogP contribution in [0, 0.1) is 11.2 Å². The van der Waals surface area contributed by atoms with Crippen LogP contribution in [0.3, 0.4) is 0 Å². The molecule has 4 aromatic rings. The molecular formula is C34H37FN2O3. The molecule has 1 amide bonds. The van der Waals surface area contributed by atoms with Gasteiger partial charge in [0.2, 0.25) is 0 Å². The molecule has 208 valence electrons. The van der Waals surface area contributed by atoms with Crippen LogP contribution in [0.25, 0.3) is 22.0 Å². The molecule has 0 aliphatic carbocycles. The fourth-order valence-electron chi connectivity index (χ4n) is 4.82. The van der Waals surface area contributed by atoms with E-state index in [0.29, 0.717) is 47.3 Å². The summed E-state index contributed by atoms with van der Waals surface area (Å²) in [6, 6.07) is 18.3. The summed E-state index contributed by atoms with van der Waals surface area (Å²) < 4.78 is 20.9. The minimum absolute atomic E-state index is 0.00102. The van der Waals surface area contributed by atoms with E-state index in [9.17, 15) is 9.59 Å². The standard InChI is InChI=1S/C34H37FN2O3/c1-6-7-15-36-33(39)24-14-13-23(17-29(24)35)25-18-27-26(16-22-11-9-8-10-12-22)28(31(38)20-34(2,3)4)21-37-30(27)19-32(25)40-5/h8-14,17-19,21H,6-7,15-16,20H2,1-5H3,(H,36,39). The number of methoxy groups -OCH3 is 1. The maximum Gasteiger partial charge on any atom is 0.254 e. The van der Waals surface area contributed by atoms with E-state index in [1.807, 2.05) is 70.2 Å². The number of amides is 1. The van der Waals surface area contributed by atoms with Crippen LogP contribution in [0.15, 0.2) is 66.9 Å². The number of nitrogens with zero attached hydrogens (tertiary/aromatic N) is 1. The molecule has 4 rings (SSSR count). The van der Waals surface area contributed by atoms with Crippen LogP contribution in [-0.2, 0) is 6.42 Å². The van der Waals surface area contributed by atoms with Crippen LogP contribution in [0.4, 0.5) is 4.39 Å². The first-order valence-corrected chi connectivity index (χ1v) is 13.8. The molecule has 1 N–H and O–H groups in total. The number of hydrogen-bond donors (Lipinski definition) is 1. The number of carbonyl (C=O) groups excluding carboxylic acids is 2. The van der Waals surface area contributed by atoms with Gasteiger partial charge in [0.05, 0.1) is 18.2 Å². The quantitative estimate of drug-likeness (QED) is 0.165. The van der Waals surface area contributed by atoms with Crippen LogP contribution in [0.5, 0.6) is 5.75 Å². The predicted octanol–water partition coefficient (Wildman–Crippen LogP) is 7.79. The molecule has 1 aromatic heterocycles. The number of nitrogens with one attached hydrogen (secondary N) is 1. The van der Waals surface area contributed by atoms with E-state index in [0.717, 1.165) is 29.4 Å². The molecule has 0 aliphatic rings. The molecule has 0 aliphatic heterocycles. The van der Waals surface area contributed by atoms with Gasteiger partial charge < -0.3 is 10.1 Å². The predicted molar refractivity (Wildman–Crippen MR) is 159 cm³/mol. The lowest BCUT2D eigenvalue weighted by Crippen LogP contribution is -2.25. The number of unbranched alkanes of at least 4 members (excludes halogenated alkanes) is 1. The normalized spacial score (nSPS) is 11.4. The number of halogens is 1. The first-order valence-electron chi connectivity index (χ1n) is 13.8. The number of Topliss-reactive ketones (excluding diaryl/α,β-unsaturated/α-hetero) is 1. The lowest BCUT2D eigenvalue weighted by molar-refractivity contribution is 0.0933. The molecule has 0 atom stereocenters. The monoisotopic (exact) mass is 540 g/mol. The highest BCUT2D eigenvalue weighted by molar-refractivity contribution is 6.03. The third-order valence-corrected chi connectivity index (χ3v) is 6.86. The molecule has 1 heterocycles. The Morgan fingerprint density at radius 2 is 1.75 bits per heavy atom. The van der Waals surface area contributed by atoms with E-state index in [2.05, 4.69) is 10.3 Å². The Balaban J connectivity index is 1.85. The SMILES string of the molecule is CCCCNC(=O)c1ccc(-c2cc3c(Cc4ccccc4)c(C(=O)CC(C)(C)C)cnc3cc2OC)cc1F. The molecule has 6 heteroatoms. The molecule has 5 nitrogen and oxygen atoms in total. The van der Waals surface area contributed by atoms with Gasteiger partial charge in [0, 0.05) is 41.7 Å². The molecule has 0 saturated heterocycles. The van der Waals surface area contributed by atoms with Crippen LogP contribution >= 0.6 is 0 Å². The summed E-state index contributed by atoms with van der Waals surface area (Å²) in [6.45, 7) is 8.66. The number of benzene rings is 3. The first-order chi connectivity index (χ1) is 19.1. The van der Waals surface area contributed by atoms with Gasteiger partial charge in [-0.2, -0.15) is 0 Å². The van der Waals surface area contributed by atoms with Crippen molar-refractivity contribution in [3.63, 3.8) is 0 Å². The third kappa shape index (κ3) is 6.74. The molecule has 0 radical (unpaired) electrons. The van der Waals surface area contributed by atoms with E-state index in [-0.39, 0.29) is 16.8 Å². The number of hydrogen-bond acceptors (Lipinski definition) is 4. The first kappa shape index (κ1) is 28.9. The fourth-order valence-corrected chi connectivity index (χ4v) is 4.82. The average molecular weight is 541 g/mol. The molecule has 0 spiro atoms. The number of rotatable bonds is 10. The van der Waals surface area contributed by atoms with E-state index in [4.69, 9.17) is 4.74 Å². The maximum absolute atomic E-state index is 15.2. The van der Waals surface area contributed by atoms with Gasteiger partial charge in [0.1, 0.15) is 11.6 Å². The van der Waals surface area contributed by atoms with Gasteiger partial charge in [0.25, 0.3) is 5.91 Å². The Labute approximate surface area is 235 Å². The van der Waals surface area contributed by atoms with E-state index in [1.165, 1.54) is 12.1 Å². The van der Waals surface area contributed by atoms with E-state index < -0.39 is 11.7 Å². The average Bonchev–Trinajstić information content (AvgIpc) is 2.92. The summed E-state index contributed by atoms with van der Waals surface area (Å²) >= 11 is 0. The number of pyridine rings is 1. The zero-order valence-electron chi connectivity index (χ0n) is 23.9. The number of carbonyl (C=O) groups is 2. The van der Waals surface area contributed by atoms with Crippen LogP contribution in [-0.4, -0.2) is 30.3 Å². The zero-order valence-corrected chi connectivity index (χ0v) is 23.9. The zero-order chi connectivity index (χ0) is 28.9. The topological polar surface area (TPSA) is 68.3 Å². The van der Waals surface area contributed by atoms with Crippen molar-refractivity contribution in [2.75, 3.05) is 13.7 Å². The van der Waals surface area contributed by atoms with Crippen molar-refractivity contribution in [2.24, 2.45) is 5.41 Å². The Kier molecular flexibility index (Phi) is 8.98. The number of fused-ring (bicyclic) bond motifs is 1. The van der Waals surface area contributed by atoms with Gasteiger partial charge in [0.15, 0.2) is 5.78 Å². The molecule has 0 bridgehead atoms. The largest absolute Gasteiger partial charge is 0.496 e. The Bertz CT molecular complexity index is 1520. The fraction of sp³-hybridized carbons (Fsp3) is 0.324. The minimum Gasteiger partial charge on any atom is -0.496 e. The van der Waals surface area contributed by atoms with E-state index >= 15 is 4.39 Å². The van der Waals surface area contributed by atoms with Crippen molar-refractivity contribution in [1.29, 1.82) is 0 Å². The van der Waals surface area contributed by atoms with Crippen molar-refractivity contribution in [1.82, 2.24) is 10.3 Å². The molecule has 0 fully saturated rings. The smallest absolute Gasteiger partial charge is 0.254 e. The number of ether oxygens (including phenoxy) is 1. The van der Waals surface area contributed by atoms with Gasteiger partial charge in [-0.1, -0.05) is 70.5 Å². The van der Waals surface area contributed by atoms with Crippen molar-refractivity contribution < 1.29 is 18.7 Å². The Morgan fingerprint density at radius 1 is 1.00 bits per heavy atom. The summed E-state index contributed by atoms with van der Waals surface area (Å²) in [6.07, 6.45) is 4.37. The molecule has 0 saturated carbocycles. The van der Waals surface area contributed by atoms with Crippen molar-refractivity contribution in [3.05, 3.63) is 94.9 Å². The lowest BCUT2D eigenvalue weighted by atomic mass is 9.85. The van der Waals surface area contributed by atoms with Crippen LogP contribution < -0.4 is 10.1 Å². The summed E-state index contributed by atoms with van der Waals surface area (Å²) in [4.78, 5) is 30.6. The highest BCUT2D eigenvalue weighted by Crippen LogP contribution is 2.37. The summed E-state index contributed by atoms with van der Waals surface area (Å²) in [5.74, 6) is -0.474. The second-order valence-electron chi connectivity index (χ2n) is 11.3. The Morgan fingerprint density at radius 3 is 2.40 bits per heavy atom. The van der Waals surface area contributed by atoms with E-state index in [1.54, 1.807) is 19.4 Å². The van der Waals surface area contributed by atoms with Gasteiger partial charge in [-0.05, 0) is 53.1 Å². The van der Waals surface area contributed by atoms with Gasteiger partial charge in [-0.15, -0.1) is 0 Å². The van der Waals surface area contributed by atoms with Gasteiger partial charge in [-0.25, -0.2) is 4.39 Å². The summed E-state index contributed by atoms with van der Waals surface area (Å²) in [7, 11) is 1.56. The lowest BCUT2D eigenvalue weighted by Gasteiger charge is -2.20. The number of aromatic nitrogens is 1. The Hall–Kier alpha value is -4.06. The molecule has 0 unspecified atom stereocenters. The van der Waals surface area contributed by atoms with Crippen molar-refractivity contribution in [3.8, 4) is 16.9 Å². The van der Waals surface area contributed by atoms with Crippen molar-refractivity contribution >= 4 is 22.6 Å². The second-order valence-corrected chi connectivity index (χ2v) is 11.3. The van der Waals surface area contributed by atoms with Crippen LogP contribution in [0.1, 0.15) is 78.8 Å². The third-order valence-electron chi connectivity index (χ3n) is 6.86. The van der Waals surface area contributed by atoms with Crippen LogP contribution in [0.2, 0.25) is 0 Å². The number of ketones is 1. The highest BCUT2D eigenvalue weighted by Gasteiger charge is 2.23. The summed E-state index contributed by atoms with van der Waals surface area (Å²) in [5, 5.41) is 3.57. The summed E-state index contributed by atoms with van der Waals surface area (Å²) in [5.41, 5.74) is 4.27. The maximum atomic E-state index is 15.2. The second kappa shape index (κ2) is 12.4. The van der Waals surface area contributed by atoms with Crippen molar-refractivity contribution in [2.45, 2.75) is 53.4 Å².